The van der Waals surface area contributed by atoms with Crippen LogP contribution in [0.5, 0.6) is 0 Å². The Morgan fingerprint density at radius 3 is 2.40 bits per heavy atom. The normalized spacial score (nSPS) is 11.5. The van der Waals surface area contributed by atoms with E-state index in [1.807, 2.05) is 0 Å². The molecule has 1 rings (SSSR count). The summed E-state index contributed by atoms with van der Waals surface area (Å²) in [6, 6.07) is 4.01. The zero-order chi connectivity index (χ0) is 15.1. The summed E-state index contributed by atoms with van der Waals surface area (Å²) < 4.78 is 12.7. The van der Waals surface area contributed by atoms with E-state index in [9.17, 15) is 18.8 Å². The predicted octanol–water partition coefficient (Wildman–Crippen LogP) is 0.535. The summed E-state index contributed by atoms with van der Waals surface area (Å²) in [5, 5.41) is 13.3. The van der Waals surface area contributed by atoms with Gasteiger partial charge in [-0.05, 0) is 31.2 Å². The van der Waals surface area contributed by atoms with Crippen LogP contribution in [0, 0.1) is 5.82 Å². The molecule has 0 saturated carbocycles. The van der Waals surface area contributed by atoms with Crippen molar-refractivity contribution in [3.8, 4) is 0 Å². The van der Waals surface area contributed by atoms with Crippen LogP contribution >= 0.6 is 0 Å². The van der Waals surface area contributed by atoms with Gasteiger partial charge in [0.25, 0.3) is 5.91 Å². The summed E-state index contributed by atoms with van der Waals surface area (Å²) in [4.78, 5) is 33.5. The largest absolute Gasteiger partial charge is 0.480 e. The molecule has 1 unspecified atom stereocenters. The fraction of sp³-hybridized carbons (Fsp3) is 0.308. The van der Waals surface area contributed by atoms with Gasteiger partial charge in [-0.1, -0.05) is 0 Å². The second kappa shape index (κ2) is 7.22. The number of halogens is 1. The molecule has 1 atom stereocenters. The first kappa shape index (κ1) is 15.6. The molecule has 1 aromatic rings. The minimum Gasteiger partial charge on any atom is -0.480 e. The van der Waals surface area contributed by atoms with E-state index in [2.05, 4.69) is 10.6 Å². The molecule has 108 valence electrons. The molecule has 0 aromatic heterocycles. The van der Waals surface area contributed by atoms with Crippen LogP contribution in [0.4, 0.5) is 4.39 Å². The van der Waals surface area contributed by atoms with Crippen molar-refractivity contribution in [3.63, 3.8) is 0 Å². The maximum Gasteiger partial charge on any atom is 0.325 e. The topological polar surface area (TPSA) is 95.5 Å². The Labute approximate surface area is 115 Å². The van der Waals surface area contributed by atoms with Gasteiger partial charge in [0.1, 0.15) is 11.9 Å². The molecule has 0 aliphatic heterocycles. The van der Waals surface area contributed by atoms with Gasteiger partial charge in [-0.25, -0.2) is 4.39 Å². The SMILES string of the molecule is CC(NC(=O)CCNC(=O)c1ccc(F)cc1)C(=O)O. The van der Waals surface area contributed by atoms with Crippen LogP contribution in [0.3, 0.4) is 0 Å². The molecule has 0 heterocycles. The number of benzene rings is 1. The number of carbonyl (C=O) groups is 3. The Morgan fingerprint density at radius 2 is 1.85 bits per heavy atom. The summed E-state index contributed by atoms with van der Waals surface area (Å²) in [7, 11) is 0. The Kier molecular flexibility index (Phi) is 5.64. The Morgan fingerprint density at radius 1 is 1.25 bits per heavy atom. The van der Waals surface area contributed by atoms with Crippen molar-refractivity contribution in [1.82, 2.24) is 10.6 Å². The van der Waals surface area contributed by atoms with E-state index in [1.54, 1.807) is 0 Å². The lowest BCUT2D eigenvalue weighted by molar-refractivity contribution is -0.141. The molecule has 1 aromatic carbocycles. The van der Waals surface area contributed by atoms with Crippen molar-refractivity contribution >= 4 is 17.8 Å². The molecule has 20 heavy (non-hydrogen) atoms. The number of aliphatic carboxylic acids is 1. The van der Waals surface area contributed by atoms with E-state index in [0.29, 0.717) is 0 Å². The van der Waals surface area contributed by atoms with E-state index < -0.39 is 29.6 Å². The summed E-state index contributed by atoms with van der Waals surface area (Å²) in [5.74, 6) is -2.47. The number of carboxylic acid groups (broad SMARTS) is 1. The van der Waals surface area contributed by atoms with Crippen molar-refractivity contribution in [2.45, 2.75) is 19.4 Å². The van der Waals surface area contributed by atoms with Crippen molar-refractivity contribution in [3.05, 3.63) is 35.6 Å². The van der Waals surface area contributed by atoms with Gasteiger partial charge < -0.3 is 15.7 Å². The quantitative estimate of drug-likeness (QED) is 0.709. The third kappa shape index (κ3) is 5.05. The van der Waals surface area contributed by atoms with Crippen molar-refractivity contribution in [1.29, 1.82) is 0 Å². The number of hydrogen-bond donors (Lipinski definition) is 3. The van der Waals surface area contributed by atoms with Crippen molar-refractivity contribution < 1.29 is 23.9 Å². The fourth-order valence-electron chi connectivity index (χ4n) is 1.37. The van der Waals surface area contributed by atoms with Gasteiger partial charge >= 0.3 is 5.97 Å². The minimum absolute atomic E-state index is 0.0371. The van der Waals surface area contributed by atoms with E-state index >= 15 is 0 Å². The van der Waals surface area contributed by atoms with Gasteiger partial charge in [-0.3, -0.25) is 14.4 Å². The van der Waals surface area contributed by atoms with Crippen molar-refractivity contribution in [2.75, 3.05) is 6.54 Å². The maximum atomic E-state index is 12.7. The monoisotopic (exact) mass is 282 g/mol. The lowest BCUT2D eigenvalue weighted by Crippen LogP contribution is -2.39. The van der Waals surface area contributed by atoms with Gasteiger partial charge in [-0.15, -0.1) is 0 Å². The molecule has 0 saturated heterocycles. The molecular weight excluding hydrogens is 267 g/mol. The maximum absolute atomic E-state index is 12.7. The van der Waals surface area contributed by atoms with Gasteiger partial charge in [0.15, 0.2) is 0 Å². The number of carboxylic acids is 1. The van der Waals surface area contributed by atoms with Crippen LogP contribution in [-0.4, -0.2) is 35.5 Å². The first-order valence-electron chi connectivity index (χ1n) is 5.96. The molecule has 0 spiro atoms. The number of amides is 2. The zero-order valence-electron chi connectivity index (χ0n) is 10.9. The van der Waals surface area contributed by atoms with E-state index in [-0.39, 0.29) is 18.5 Å². The minimum atomic E-state index is -1.13. The first-order chi connectivity index (χ1) is 9.40. The smallest absolute Gasteiger partial charge is 0.325 e. The Balaban J connectivity index is 2.33. The molecule has 0 fully saturated rings. The second-order valence-electron chi connectivity index (χ2n) is 4.14. The zero-order valence-corrected chi connectivity index (χ0v) is 10.9. The molecule has 0 radical (unpaired) electrons. The predicted molar refractivity (Wildman–Crippen MR) is 68.6 cm³/mol. The third-order valence-corrected chi connectivity index (χ3v) is 2.49. The van der Waals surface area contributed by atoms with Crippen LogP contribution in [0.1, 0.15) is 23.7 Å². The van der Waals surface area contributed by atoms with Crippen LogP contribution in [0.15, 0.2) is 24.3 Å². The van der Waals surface area contributed by atoms with Crippen LogP contribution in [-0.2, 0) is 9.59 Å². The van der Waals surface area contributed by atoms with Gasteiger partial charge in [0, 0.05) is 18.5 Å². The summed E-state index contributed by atoms with van der Waals surface area (Å²) >= 11 is 0. The fourth-order valence-corrected chi connectivity index (χ4v) is 1.37. The standard InChI is InChI=1S/C13H15FN2O4/c1-8(13(19)20)16-11(17)6-7-15-12(18)9-2-4-10(14)5-3-9/h2-5,8H,6-7H2,1H3,(H,15,18)(H,16,17)(H,19,20). The average Bonchev–Trinajstić information content (AvgIpc) is 2.39. The Bertz CT molecular complexity index is 502. The van der Waals surface area contributed by atoms with Crippen LogP contribution in [0.25, 0.3) is 0 Å². The highest BCUT2D eigenvalue weighted by Gasteiger charge is 2.13. The molecule has 2 amide bonds. The average molecular weight is 282 g/mol. The lowest BCUT2D eigenvalue weighted by Gasteiger charge is -2.09. The van der Waals surface area contributed by atoms with Gasteiger partial charge in [0.2, 0.25) is 5.91 Å². The Hall–Kier alpha value is -2.44. The molecule has 6 nitrogen and oxygen atoms in total. The molecular formula is C13H15FN2O4. The molecule has 0 bridgehead atoms. The second-order valence-corrected chi connectivity index (χ2v) is 4.14. The summed E-state index contributed by atoms with van der Waals surface area (Å²) in [6.07, 6.45) is -0.0371. The molecule has 0 aliphatic carbocycles. The highest BCUT2D eigenvalue weighted by atomic mass is 19.1. The molecule has 7 heteroatoms. The highest BCUT2D eigenvalue weighted by Crippen LogP contribution is 2.02. The van der Waals surface area contributed by atoms with Gasteiger partial charge in [-0.2, -0.15) is 0 Å². The molecule has 0 aliphatic rings. The first-order valence-corrected chi connectivity index (χ1v) is 5.96. The van der Waals surface area contributed by atoms with E-state index in [0.717, 1.165) is 12.1 Å². The third-order valence-electron chi connectivity index (χ3n) is 2.49. The molecule has 3 N–H and O–H groups in total. The van der Waals surface area contributed by atoms with Crippen LogP contribution in [0.2, 0.25) is 0 Å². The number of hydrogen-bond acceptors (Lipinski definition) is 3. The lowest BCUT2D eigenvalue weighted by atomic mass is 10.2. The number of nitrogens with one attached hydrogen (secondary N) is 2. The number of carbonyl (C=O) groups excluding carboxylic acids is 2. The van der Waals surface area contributed by atoms with E-state index in [1.165, 1.54) is 19.1 Å². The van der Waals surface area contributed by atoms with Gasteiger partial charge in [0.05, 0.1) is 0 Å². The highest BCUT2D eigenvalue weighted by molar-refractivity contribution is 5.94. The van der Waals surface area contributed by atoms with E-state index in [4.69, 9.17) is 5.11 Å². The van der Waals surface area contributed by atoms with Crippen molar-refractivity contribution in [2.24, 2.45) is 0 Å². The van der Waals surface area contributed by atoms with Crippen LogP contribution < -0.4 is 10.6 Å². The summed E-state index contributed by atoms with van der Waals surface area (Å²) in [6.45, 7) is 1.41. The summed E-state index contributed by atoms with van der Waals surface area (Å²) in [5.41, 5.74) is 0.283. The number of rotatable bonds is 6.